The number of rotatable bonds is 4. The number of aryl methyl sites for hydroxylation is 1. The molecule has 0 radical (unpaired) electrons. The molecule has 0 aromatic heterocycles. The van der Waals surface area contributed by atoms with E-state index in [0.717, 1.165) is 29.9 Å². The summed E-state index contributed by atoms with van der Waals surface area (Å²) in [5, 5.41) is 9.51. The van der Waals surface area contributed by atoms with Gasteiger partial charge in [0.25, 0.3) is 10.0 Å². The summed E-state index contributed by atoms with van der Waals surface area (Å²) in [5.74, 6) is 0.703. The largest absolute Gasteiger partial charge is 0.508 e. The van der Waals surface area contributed by atoms with Crippen molar-refractivity contribution in [1.29, 1.82) is 0 Å². The smallest absolute Gasteiger partial charge is 0.284 e. The fourth-order valence-corrected chi connectivity index (χ4v) is 4.63. The lowest BCUT2D eigenvalue weighted by Gasteiger charge is -2.37. The van der Waals surface area contributed by atoms with Gasteiger partial charge in [0.2, 0.25) is 0 Å². The van der Waals surface area contributed by atoms with Crippen LogP contribution in [0.4, 0.5) is 5.69 Å². The summed E-state index contributed by atoms with van der Waals surface area (Å²) >= 11 is 0. The normalized spacial score (nSPS) is 15.2. The Labute approximate surface area is 183 Å². The number of amidine groups is 1. The van der Waals surface area contributed by atoms with Gasteiger partial charge in [0.1, 0.15) is 11.6 Å². The third kappa shape index (κ3) is 4.88. The molecular formula is C24H25N3O3S. The highest BCUT2D eigenvalue weighted by Gasteiger charge is 2.24. The van der Waals surface area contributed by atoms with Crippen LogP contribution in [-0.4, -0.2) is 50.4 Å². The molecule has 4 rings (SSSR count). The molecule has 0 spiro atoms. The number of benzene rings is 3. The van der Waals surface area contributed by atoms with Gasteiger partial charge < -0.3 is 14.9 Å². The highest BCUT2D eigenvalue weighted by atomic mass is 32.2. The maximum Gasteiger partial charge on any atom is 0.284 e. The van der Waals surface area contributed by atoms with Crippen molar-refractivity contribution in [3.8, 4) is 5.75 Å². The van der Waals surface area contributed by atoms with E-state index in [-0.39, 0.29) is 10.6 Å². The lowest BCUT2D eigenvalue weighted by Crippen LogP contribution is -2.49. The standard InChI is InChI=1S/C24H25N3O3S/c1-19-7-13-23(14-8-19)31(29,30)25-24(20-5-3-2-4-6-20)27-17-15-26(16-18-27)21-9-11-22(28)12-10-21/h2-14,28H,15-18H2,1H3/b25-24-. The second kappa shape index (κ2) is 8.81. The molecule has 1 fully saturated rings. The number of hydrogen-bond donors (Lipinski definition) is 1. The van der Waals surface area contributed by atoms with Gasteiger partial charge in [-0.15, -0.1) is 4.40 Å². The molecule has 1 heterocycles. The topological polar surface area (TPSA) is 73.2 Å². The molecule has 31 heavy (non-hydrogen) atoms. The lowest BCUT2D eigenvalue weighted by atomic mass is 10.1. The molecule has 3 aromatic rings. The van der Waals surface area contributed by atoms with Crippen molar-refractivity contribution in [3.05, 3.63) is 90.0 Å². The molecule has 0 amide bonds. The van der Waals surface area contributed by atoms with E-state index < -0.39 is 10.0 Å². The first kappa shape index (κ1) is 20.9. The molecule has 3 aromatic carbocycles. The molecule has 1 saturated heterocycles. The minimum atomic E-state index is -3.84. The summed E-state index contributed by atoms with van der Waals surface area (Å²) in [5.41, 5.74) is 2.80. The maximum absolute atomic E-state index is 13.0. The van der Waals surface area contributed by atoms with Crippen LogP contribution in [-0.2, 0) is 10.0 Å². The van der Waals surface area contributed by atoms with Crippen molar-refractivity contribution in [3.63, 3.8) is 0 Å². The molecule has 0 atom stereocenters. The predicted octanol–water partition coefficient (Wildman–Crippen LogP) is 3.66. The van der Waals surface area contributed by atoms with Crippen molar-refractivity contribution in [2.24, 2.45) is 4.40 Å². The van der Waals surface area contributed by atoms with E-state index in [0.29, 0.717) is 18.9 Å². The Morgan fingerprint density at radius 3 is 2.06 bits per heavy atom. The van der Waals surface area contributed by atoms with Crippen LogP contribution in [0, 0.1) is 6.92 Å². The first-order valence-electron chi connectivity index (χ1n) is 10.2. The second-order valence-electron chi connectivity index (χ2n) is 7.56. The highest BCUT2D eigenvalue weighted by molar-refractivity contribution is 7.90. The lowest BCUT2D eigenvalue weighted by molar-refractivity contribution is 0.386. The molecule has 0 unspecified atom stereocenters. The Hall–Kier alpha value is -3.32. The molecule has 1 N–H and O–H groups in total. The molecule has 0 saturated carbocycles. The van der Waals surface area contributed by atoms with E-state index in [9.17, 15) is 13.5 Å². The van der Waals surface area contributed by atoms with Gasteiger partial charge in [-0.25, -0.2) is 0 Å². The van der Waals surface area contributed by atoms with E-state index in [1.807, 2.05) is 54.3 Å². The molecule has 0 aliphatic carbocycles. The zero-order valence-corrected chi connectivity index (χ0v) is 18.2. The number of sulfonamides is 1. The van der Waals surface area contributed by atoms with Gasteiger partial charge in [0.05, 0.1) is 4.90 Å². The number of phenolic OH excluding ortho intramolecular Hbond substituents is 1. The van der Waals surface area contributed by atoms with Gasteiger partial charge in [-0.05, 0) is 43.3 Å². The molecule has 1 aliphatic heterocycles. The fourth-order valence-electron chi connectivity index (χ4n) is 3.60. The average molecular weight is 436 g/mol. The van der Waals surface area contributed by atoms with Crippen LogP contribution in [0.3, 0.4) is 0 Å². The first-order valence-corrected chi connectivity index (χ1v) is 11.6. The minimum absolute atomic E-state index is 0.189. The zero-order valence-electron chi connectivity index (χ0n) is 17.3. The monoisotopic (exact) mass is 435 g/mol. The maximum atomic E-state index is 13.0. The first-order chi connectivity index (χ1) is 14.9. The molecule has 0 bridgehead atoms. The van der Waals surface area contributed by atoms with Crippen LogP contribution < -0.4 is 4.90 Å². The fraction of sp³-hybridized carbons (Fsp3) is 0.208. The Bertz CT molecular complexity index is 1150. The SMILES string of the molecule is Cc1ccc(S(=O)(=O)/N=C(/c2ccccc2)N2CCN(c3ccc(O)cc3)CC2)cc1. The van der Waals surface area contributed by atoms with Crippen LogP contribution >= 0.6 is 0 Å². The van der Waals surface area contributed by atoms with E-state index >= 15 is 0 Å². The van der Waals surface area contributed by atoms with Gasteiger partial charge in [0, 0.05) is 37.4 Å². The molecular weight excluding hydrogens is 410 g/mol. The van der Waals surface area contributed by atoms with Crippen LogP contribution in [0.1, 0.15) is 11.1 Å². The van der Waals surface area contributed by atoms with Crippen LogP contribution in [0.2, 0.25) is 0 Å². The summed E-state index contributed by atoms with van der Waals surface area (Å²) in [6.45, 7) is 4.64. The van der Waals surface area contributed by atoms with Gasteiger partial charge >= 0.3 is 0 Å². The van der Waals surface area contributed by atoms with Crippen molar-refractivity contribution >= 4 is 21.5 Å². The number of aromatic hydroxyl groups is 1. The molecule has 7 heteroatoms. The highest BCUT2D eigenvalue weighted by Crippen LogP contribution is 2.22. The average Bonchev–Trinajstić information content (AvgIpc) is 2.79. The quantitative estimate of drug-likeness (QED) is 0.500. The van der Waals surface area contributed by atoms with E-state index in [1.54, 1.807) is 36.4 Å². The van der Waals surface area contributed by atoms with Crippen molar-refractivity contribution in [2.75, 3.05) is 31.1 Å². The molecule has 6 nitrogen and oxygen atoms in total. The molecule has 1 aliphatic rings. The number of piperazine rings is 1. The Kier molecular flexibility index (Phi) is 5.95. The van der Waals surface area contributed by atoms with Crippen molar-refractivity contribution < 1.29 is 13.5 Å². The number of phenols is 1. The Balaban J connectivity index is 1.61. The Morgan fingerprint density at radius 2 is 1.45 bits per heavy atom. The van der Waals surface area contributed by atoms with Gasteiger partial charge in [-0.3, -0.25) is 0 Å². The van der Waals surface area contributed by atoms with E-state index in [1.165, 1.54) is 0 Å². The van der Waals surface area contributed by atoms with Gasteiger partial charge in [-0.1, -0.05) is 48.0 Å². The number of nitrogens with zero attached hydrogens (tertiary/aromatic N) is 3. The third-order valence-electron chi connectivity index (χ3n) is 5.35. The zero-order chi connectivity index (χ0) is 21.8. The minimum Gasteiger partial charge on any atom is -0.508 e. The Morgan fingerprint density at radius 1 is 0.839 bits per heavy atom. The van der Waals surface area contributed by atoms with Gasteiger partial charge in [-0.2, -0.15) is 8.42 Å². The van der Waals surface area contributed by atoms with Gasteiger partial charge in [0.15, 0.2) is 0 Å². The summed E-state index contributed by atoms with van der Waals surface area (Å²) in [4.78, 5) is 4.43. The number of hydrogen-bond acceptors (Lipinski definition) is 4. The van der Waals surface area contributed by atoms with Crippen molar-refractivity contribution in [2.45, 2.75) is 11.8 Å². The predicted molar refractivity (Wildman–Crippen MR) is 123 cm³/mol. The summed E-state index contributed by atoms with van der Waals surface area (Å²) in [7, 11) is -3.84. The van der Waals surface area contributed by atoms with E-state index in [2.05, 4.69) is 9.30 Å². The van der Waals surface area contributed by atoms with Crippen LogP contribution in [0.5, 0.6) is 5.75 Å². The van der Waals surface area contributed by atoms with E-state index in [4.69, 9.17) is 0 Å². The third-order valence-corrected chi connectivity index (χ3v) is 6.63. The summed E-state index contributed by atoms with van der Waals surface area (Å²) in [6.07, 6.45) is 0. The van der Waals surface area contributed by atoms with Crippen LogP contribution in [0.15, 0.2) is 88.2 Å². The van der Waals surface area contributed by atoms with Crippen LogP contribution in [0.25, 0.3) is 0 Å². The van der Waals surface area contributed by atoms with Crippen molar-refractivity contribution in [1.82, 2.24) is 4.90 Å². The number of anilines is 1. The summed E-state index contributed by atoms with van der Waals surface area (Å²) in [6, 6.07) is 23.3. The molecule has 160 valence electrons. The second-order valence-corrected chi connectivity index (χ2v) is 9.16. The summed E-state index contributed by atoms with van der Waals surface area (Å²) < 4.78 is 30.4.